The molecule has 0 aliphatic heterocycles. The number of aryl methyl sites for hydroxylation is 1. The predicted molar refractivity (Wildman–Crippen MR) is 88.0 cm³/mol. The third-order valence-electron chi connectivity index (χ3n) is 3.22. The number of fused-ring (bicyclic) bond motifs is 1. The zero-order valence-electron chi connectivity index (χ0n) is 12.4. The molecule has 0 saturated heterocycles. The van der Waals surface area contributed by atoms with Crippen LogP contribution in [0.15, 0.2) is 54.7 Å². The Morgan fingerprint density at radius 1 is 0.913 bits per heavy atom. The molecule has 2 heterocycles. The highest BCUT2D eigenvalue weighted by molar-refractivity contribution is 6.44. The lowest BCUT2D eigenvalue weighted by atomic mass is 10.2. The Labute approximate surface area is 132 Å². The molecule has 2 N–H and O–H groups in total. The van der Waals surface area contributed by atoms with E-state index < -0.39 is 11.8 Å². The molecule has 114 valence electrons. The van der Waals surface area contributed by atoms with Gasteiger partial charge < -0.3 is 10.6 Å². The SMILES string of the molecule is Cc1cccc(NC(=O)C(=O)Nc2cccc3cccnc23)n1. The number of para-hydroxylation sites is 1. The molecule has 2 aromatic heterocycles. The van der Waals surface area contributed by atoms with Gasteiger partial charge in [0.15, 0.2) is 0 Å². The van der Waals surface area contributed by atoms with Gasteiger partial charge >= 0.3 is 11.8 Å². The third kappa shape index (κ3) is 3.32. The molecule has 0 radical (unpaired) electrons. The van der Waals surface area contributed by atoms with E-state index in [2.05, 4.69) is 20.6 Å². The molecule has 0 saturated carbocycles. The number of nitrogens with zero attached hydrogens (tertiary/aromatic N) is 2. The number of carbonyl (C=O) groups is 2. The molecule has 1 aromatic carbocycles. The minimum atomic E-state index is -0.781. The van der Waals surface area contributed by atoms with Gasteiger partial charge in [-0.3, -0.25) is 14.6 Å². The molecule has 0 atom stereocenters. The van der Waals surface area contributed by atoms with E-state index in [4.69, 9.17) is 0 Å². The van der Waals surface area contributed by atoms with Crippen LogP contribution in [0.2, 0.25) is 0 Å². The maximum absolute atomic E-state index is 12.1. The number of hydrogen-bond donors (Lipinski definition) is 2. The van der Waals surface area contributed by atoms with E-state index in [-0.39, 0.29) is 0 Å². The molecule has 0 bridgehead atoms. The maximum Gasteiger partial charge on any atom is 0.315 e. The van der Waals surface area contributed by atoms with E-state index >= 15 is 0 Å². The molecule has 6 nitrogen and oxygen atoms in total. The molecule has 0 unspecified atom stereocenters. The summed E-state index contributed by atoms with van der Waals surface area (Å²) in [6.07, 6.45) is 1.63. The normalized spacial score (nSPS) is 10.3. The minimum absolute atomic E-state index is 0.334. The lowest BCUT2D eigenvalue weighted by Crippen LogP contribution is -2.29. The second-order valence-electron chi connectivity index (χ2n) is 4.95. The van der Waals surface area contributed by atoms with Gasteiger partial charge in [-0.15, -0.1) is 0 Å². The van der Waals surface area contributed by atoms with Gasteiger partial charge in [0.2, 0.25) is 0 Å². The first-order chi connectivity index (χ1) is 11.1. The van der Waals surface area contributed by atoms with Crippen LogP contribution in [-0.2, 0) is 9.59 Å². The highest BCUT2D eigenvalue weighted by atomic mass is 16.2. The lowest BCUT2D eigenvalue weighted by Gasteiger charge is -2.08. The number of anilines is 2. The van der Waals surface area contributed by atoms with Crippen LogP contribution in [0.25, 0.3) is 10.9 Å². The van der Waals surface area contributed by atoms with E-state index in [0.29, 0.717) is 17.0 Å². The monoisotopic (exact) mass is 306 g/mol. The van der Waals surface area contributed by atoms with Crippen LogP contribution in [0, 0.1) is 6.92 Å². The van der Waals surface area contributed by atoms with Crippen LogP contribution < -0.4 is 10.6 Å². The third-order valence-corrected chi connectivity index (χ3v) is 3.22. The molecule has 0 aliphatic carbocycles. The fraction of sp³-hybridized carbons (Fsp3) is 0.0588. The van der Waals surface area contributed by atoms with Gasteiger partial charge in [0.1, 0.15) is 5.82 Å². The Hall–Kier alpha value is -3.28. The summed E-state index contributed by atoms with van der Waals surface area (Å²) in [6.45, 7) is 1.80. The molecule has 0 aliphatic rings. The zero-order valence-corrected chi connectivity index (χ0v) is 12.4. The molecule has 6 heteroatoms. The zero-order chi connectivity index (χ0) is 16.2. The molecular weight excluding hydrogens is 292 g/mol. The molecule has 23 heavy (non-hydrogen) atoms. The molecule has 3 aromatic rings. The first kappa shape index (κ1) is 14.6. The van der Waals surface area contributed by atoms with Crippen molar-refractivity contribution in [1.29, 1.82) is 0 Å². The van der Waals surface area contributed by atoms with Crippen LogP contribution in [0.4, 0.5) is 11.5 Å². The van der Waals surface area contributed by atoms with Crippen molar-refractivity contribution in [3.8, 4) is 0 Å². The second-order valence-corrected chi connectivity index (χ2v) is 4.95. The largest absolute Gasteiger partial charge is 0.316 e. The molecule has 0 spiro atoms. The first-order valence-corrected chi connectivity index (χ1v) is 7.03. The Kier molecular flexibility index (Phi) is 3.97. The number of pyridine rings is 2. The topological polar surface area (TPSA) is 84.0 Å². The fourth-order valence-electron chi connectivity index (χ4n) is 2.17. The summed E-state index contributed by atoms with van der Waals surface area (Å²) >= 11 is 0. The Balaban J connectivity index is 1.77. The summed E-state index contributed by atoms with van der Waals surface area (Å²) < 4.78 is 0. The molecular formula is C17H14N4O2. The van der Waals surface area contributed by atoms with E-state index in [1.165, 1.54) is 0 Å². The van der Waals surface area contributed by atoms with Crippen molar-refractivity contribution in [3.63, 3.8) is 0 Å². The van der Waals surface area contributed by atoms with Crippen LogP contribution in [0.5, 0.6) is 0 Å². The van der Waals surface area contributed by atoms with Gasteiger partial charge in [0.25, 0.3) is 0 Å². The minimum Gasteiger partial charge on any atom is -0.316 e. The van der Waals surface area contributed by atoms with Gasteiger partial charge in [-0.25, -0.2) is 4.98 Å². The summed E-state index contributed by atoms with van der Waals surface area (Å²) in [5.41, 5.74) is 1.87. The van der Waals surface area contributed by atoms with Crippen molar-refractivity contribution in [2.75, 3.05) is 10.6 Å². The van der Waals surface area contributed by atoms with Crippen molar-refractivity contribution in [2.24, 2.45) is 0 Å². The lowest BCUT2D eigenvalue weighted by molar-refractivity contribution is -0.133. The van der Waals surface area contributed by atoms with E-state index in [1.807, 2.05) is 18.2 Å². The summed E-state index contributed by atoms with van der Waals surface area (Å²) in [7, 11) is 0. The smallest absolute Gasteiger partial charge is 0.315 e. The Morgan fingerprint density at radius 3 is 2.48 bits per heavy atom. The second kappa shape index (κ2) is 6.23. The summed E-state index contributed by atoms with van der Waals surface area (Å²) in [5.74, 6) is -1.22. The quantitative estimate of drug-likeness (QED) is 0.713. The fourth-order valence-corrected chi connectivity index (χ4v) is 2.17. The van der Waals surface area contributed by atoms with Gasteiger partial charge in [-0.1, -0.05) is 24.3 Å². The van der Waals surface area contributed by atoms with Crippen molar-refractivity contribution in [2.45, 2.75) is 6.92 Å². The Bertz CT molecular complexity index is 887. The molecule has 2 amide bonds. The van der Waals surface area contributed by atoms with E-state index in [1.54, 1.807) is 43.5 Å². The number of benzene rings is 1. The van der Waals surface area contributed by atoms with Crippen LogP contribution in [-0.4, -0.2) is 21.8 Å². The van der Waals surface area contributed by atoms with Crippen LogP contribution in [0.1, 0.15) is 5.69 Å². The summed E-state index contributed by atoms with van der Waals surface area (Å²) in [5, 5.41) is 5.93. The van der Waals surface area contributed by atoms with Crippen molar-refractivity contribution < 1.29 is 9.59 Å². The summed E-state index contributed by atoms with van der Waals surface area (Å²) in [4.78, 5) is 32.4. The average Bonchev–Trinajstić information content (AvgIpc) is 2.55. The van der Waals surface area contributed by atoms with Gasteiger partial charge in [-0.2, -0.15) is 0 Å². The number of hydrogen-bond acceptors (Lipinski definition) is 4. The number of aromatic nitrogens is 2. The Morgan fingerprint density at radius 2 is 1.65 bits per heavy atom. The highest BCUT2D eigenvalue weighted by Gasteiger charge is 2.16. The van der Waals surface area contributed by atoms with Crippen LogP contribution in [0.3, 0.4) is 0 Å². The number of carbonyl (C=O) groups excluding carboxylic acids is 2. The van der Waals surface area contributed by atoms with Crippen molar-refractivity contribution >= 4 is 34.2 Å². The van der Waals surface area contributed by atoms with Gasteiger partial charge in [0.05, 0.1) is 11.2 Å². The van der Waals surface area contributed by atoms with E-state index in [0.717, 1.165) is 11.1 Å². The maximum atomic E-state index is 12.1. The number of rotatable bonds is 2. The van der Waals surface area contributed by atoms with Crippen LogP contribution >= 0.6 is 0 Å². The molecule has 0 fully saturated rings. The number of amides is 2. The van der Waals surface area contributed by atoms with Crippen molar-refractivity contribution in [3.05, 3.63) is 60.4 Å². The summed E-state index contributed by atoms with van der Waals surface area (Å²) in [6, 6.07) is 14.2. The predicted octanol–water partition coefficient (Wildman–Crippen LogP) is 2.52. The van der Waals surface area contributed by atoms with Gasteiger partial charge in [0, 0.05) is 17.3 Å². The standard InChI is InChI=1S/C17H14N4O2/c1-11-5-2-9-14(19-11)21-17(23)16(22)20-13-8-3-6-12-7-4-10-18-15(12)13/h2-10H,1H3,(H,20,22)(H,19,21,23). The van der Waals surface area contributed by atoms with Gasteiger partial charge in [-0.05, 0) is 31.2 Å². The first-order valence-electron chi connectivity index (χ1n) is 7.03. The average molecular weight is 306 g/mol. The van der Waals surface area contributed by atoms with E-state index in [9.17, 15) is 9.59 Å². The highest BCUT2D eigenvalue weighted by Crippen LogP contribution is 2.20. The number of nitrogens with one attached hydrogen (secondary N) is 2. The van der Waals surface area contributed by atoms with Crippen molar-refractivity contribution in [1.82, 2.24) is 9.97 Å². The molecule has 3 rings (SSSR count).